The topological polar surface area (TPSA) is 108 Å². The van der Waals surface area contributed by atoms with Gasteiger partial charge >= 0.3 is 0 Å². The molecule has 1 heterocycles. The maximum atomic E-state index is 13.1. The van der Waals surface area contributed by atoms with E-state index in [9.17, 15) is 13.2 Å². The second-order valence-electron chi connectivity index (χ2n) is 7.66. The van der Waals surface area contributed by atoms with Crippen molar-refractivity contribution in [1.82, 2.24) is 9.21 Å². The summed E-state index contributed by atoms with van der Waals surface area (Å²) in [7, 11) is -3.77. The molecule has 1 fully saturated rings. The maximum Gasteiger partial charge on any atom is 0.243 e. The molecule has 32 heavy (non-hydrogen) atoms. The minimum atomic E-state index is -3.77. The number of piperazine rings is 1. The van der Waals surface area contributed by atoms with Crippen LogP contribution in [-0.4, -0.2) is 49.0 Å². The molecule has 1 amide bonds. The zero-order valence-electron chi connectivity index (χ0n) is 17.4. The second-order valence-corrected chi connectivity index (χ2v) is 9.60. The van der Waals surface area contributed by atoms with Gasteiger partial charge in [0.15, 0.2) is 0 Å². The normalized spacial score (nSPS) is 15.0. The van der Waals surface area contributed by atoms with Crippen LogP contribution in [0.15, 0.2) is 83.8 Å². The third-order valence-corrected chi connectivity index (χ3v) is 7.35. The lowest BCUT2D eigenvalue weighted by molar-refractivity contribution is -0.134. The van der Waals surface area contributed by atoms with Gasteiger partial charge in [-0.05, 0) is 34.9 Å². The molecule has 3 aromatic rings. The fraction of sp³-hybridized carbons (Fsp3) is 0.167. The molecule has 7 nitrogen and oxygen atoms in total. The van der Waals surface area contributed by atoms with Crippen LogP contribution in [-0.2, 0) is 21.4 Å². The van der Waals surface area contributed by atoms with Crippen molar-refractivity contribution >= 4 is 21.8 Å². The Labute approximate surface area is 187 Å². The molecule has 0 radical (unpaired) electrons. The lowest BCUT2D eigenvalue weighted by atomic mass is 10.1. The molecule has 3 N–H and O–H groups in total. The first-order valence-corrected chi connectivity index (χ1v) is 11.7. The Balaban J connectivity index is 1.45. The third-order valence-electron chi connectivity index (χ3n) is 5.49. The summed E-state index contributed by atoms with van der Waals surface area (Å²) in [6, 6.07) is 23.6. The highest BCUT2D eigenvalue weighted by atomic mass is 32.2. The lowest BCUT2D eigenvalue weighted by Crippen LogP contribution is -2.51. The van der Waals surface area contributed by atoms with E-state index >= 15 is 0 Å². The summed E-state index contributed by atoms with van der Waals surface area (Å²) in [4.78, 5) is 14.5. The van der Waals surface area contributed by atoms with Crippen molar-refractivity contribution in [3.63, 3.8) is 0 Å². The van der Waals surface area contributed by atoms with Crippen LogP contribution in [0.3, 0.4) is 0 Å². The minimum Gasteiger partial charge on any atom is -0.384 e. The van der Waals surface area contributed by atoms with Gasteiger partial charge in [-0.1, -0.05) is 60.7 Å². The number of rotatable bonds is 6. The van der Waals surface area contributed by atoms with E-state index in [-0.39, 0.29) is 29.7 Å². The highest BCUT2D eigenvalue weighted by Gasteiger charge is 2.32. The second kappa shape index (κ2) is 8.94. The van der Waals surface area contributed by atoms with Crippen molar-refractivity contribution in [2.24, 2.45) is 5.73 Å². The highest BCUT2D eigenvalue weighted by Crippen LogP contribution is 2.24. The van der Waals surface area contributed by atoms with Gasteiger partial charge in [-0.15, -0.1) is 0 Å². The quantitative estimate of drug-likeness (QED) is 0.446. The number of hydrogen-bond donors (Lipinski definition) is 2. The van der Waals surface area contributed by atoms with Crippen molar-refractivity contribution in [2.75, 3.05) is 19.6 Å². The Morgan fingerprint density at radius 2 is 1.59 bits per heavy atom. The molecule has 4 rings (SSSR count). The van der Waals surface area contributed by atoms with Crippen LogP contribution in [0.1, 0.15) is 11.1 Å². The minimum absolute atomic E-state index is 0.0348. The first kappa shape index (κ1) is 21.7. The number of sulfonamides is 1. The standard InChI is InChI=1S/C24H24N4O3S/c25-24(26)21-8-4-5-18(15-21)16-27-13-14-28(17-23(27)29)32(30,31)22-11-9-20(10-12-22)19-6-2-1-3-7-19/h1-12,15H,13-14,16-17H2,(H3,25,26). The van der Waals surface area contributed by atoms with Gasteiger partial charge in [-0.2, -0.15) is 4.31 Å². The van der Waals surface area contributed by atoms with Gasteiger partial charge in [0.1, 0.15) is 5.84 Å². The molecular weight excluding hydrogens is 424 g/mol. The Bertz CT molecular complexity index is 1240. The van der Waals surface area contributed by atoms with Crippen LogP contribution in [0.5, 0.6) is 0 Å². The van der Waals surface area contributed by atoms with Gasteiger partial charge in [0.05, 0.1) is 11.4 Å². The molecule has 8 heteroatoms. The molecule has 3 aromatic carbocycles. The van der Waals surface area contributed by atoms with Crippen LogP contribution in [0, 0.1) is 5.41 Å². The molecule has 0 atom stereocenters. The van der Waals surface area contributed by atoms with E-state index in [4.69, 9.17) is 11.1 Å². The predicted octanol–water partition coefficient (Wildman–Crippen LogP) is 2.67. The molecule has 0 aromatic heterocycles. The largest absolute Gasteiger partial charge is 0.384 e. The van der Waals surface area contributed by atoms with Crippen molar-refractivity contribution in [1.29, 1.82) is 5.41 Å². The van der Waals surface area contributed by atoms with Gasteiger partial charge in [0, 0.05) is 25.2 Å². The van der Waals surface area contributed by atoms with Crippen LogP contribution < -0.4 is 5.73 Å². The number of hydrogen-bond acceptors (Lipinski definition) is 4. The number of nitrogens with zero attached hydrogens (tertiary/aromatic N) is 2. The van der Waals surface area contributed by atoms with Gasteiger partial charge in [0.2, 0.25) is 15.9 Å². The van der Waals surface area contributed by atoms with Gasteiger partial charge < -0.3 is 10.6 Å². The molecule has 1 aliphatic rings. The number of benzene rings is 3. The Kier molecular flexibility index (Phi) is 6.07. The molecule has 1 aliphatic heterocycles. The predicted molar refractivity (Wildman–Crippen MR) is 124 cm³/mol. The number of nitrogen functional groups attached to an aromatic ring is 1. The maximum absolute atomic E-state index is 13.1. The van der Waals surface area contributed by atoms with Crippen molar-refractivity contribution in [3.05, 3.63) is 90.0 Å². The fourth-order valence-electron chi connectivity index (χ4n) is 3.72. The zero-order chi connectivity index (χ0) is 22.7. The third kappa shape index (κ3) is 4.56. The summed E-state index contributed by atoms with van der Waals surface area (Å²) in [5, 5.41) is 7.55. The van der Waals surface area contributed by atoms with E-state index in [2.05, 4.69) is 0 Å². The molecular formula is C24H24N4O3S. The van der Waals surface area contributed by atoms with E-state index < -0.39 is 10.0 Å². The Morgan fingerprint density at radius 1 is 0.906 bits per heavy atom. The Hall–Kier alpha value is -3.49. The number of amides is 1. The summed E-state index contributed by atoms with van der Waals surface area (Å²) in [5.41, 5.74) is 8.91. The Morgan fingerprint density at radius 3 is 2.25 bits per heavy atom. The molecule has 0 saturated carbocycles. The molecule has 0 spiro atoms. The average molecular weight is 449 g/mol. The van der Waals surface area contributed by atoms with E-state index in [0.717, 1.165) is 16.7 Å². The van der Waals surface area contributed by atoms with Crippen LogP contribution in [0.4, 0.5) is 0 Å². The van der Waals surface area contributed by atoms with E-state index in [1.807, 2.05) is 36.4 Å². The van der Waals surface area contributed by atoms with Crippen LogP contribution >= 0.6 is 0 Å². The summed E-state index contributed by atoms with van der Waals surface area (Å²) >= 11 is 0. The smallest absolute Gasteiger partial charge is 0.243 e. The van der Waals surface area contributed by atoms with Gasteiger partial charge in [0.25, 0.3) is 0 Å². The number of nitrogens with two attached hydrogens (primary N) is 1. The zero-order valence-corrected chi connectivity index (χ0v) is 18.3. The summed E-state index contributed by atoms with van der Waals surface area (Å²) in [5.74, 6) is -0.290. The molecule has 164 valence electrons. The van der Waals surface area contributed by atoms with Gasteiger partial charge in [-0.3, -0.25) is 10.2 Å². The van der Waals surface area contributed by atoms with Gasteiger partial charge in [-0.25, -0.2) is 8.42 Å². The number of nitrogens with one attached hydrogen (secondary N) is 1. The molecule has 1 saturated heterocycles. The average Bonchev–Trinajstić information content (AvgIpc) is 2.81. The van der Waals surface area contributed by atoms with Crippen molar-refractivity contribution < 1.29 is 13.2 Å². The summed E-state index contributed by atoms with van der Waals surface area (Å²) in [6.07, 6.45) is 0. The van der Waals surface area contributed by atoms with Crippen LogP contribution in [0.2, 0.25) is 0 Å². The molecule has 0 bridgehead atoms. The van der Waals surface area contributed by atoms with E-state index in [1.54, 1.807) is 47.4 Å². The van der Waals surface area contributed by atoms with Crippen LogP contribution in [0.25, 0.3) is 11.1 Å². The lowest BCUT2D eigenvalue weighted by Gasteiger charge is -2.33. The first-order valence-electron chi connectivity index (χ1n) is 10.2. The van der Waals surface area contributed by atoms with Crippen molar-refractivity contribution in [3.8, 4) is 11.1 Å². The van der Waals surface area contributed by atoms with E-state index in [0.29, 0.717) is 18.7 Å². The summed E-state index contributed by atoms with van der Waals surface area (Å²) < 4.78 is 27.4. The summed E-state index contributed by atoms with van der Waals surface area (Å²) in [6.45, 7) is 0.667. The molecule has 0 aliphatic carbocycles. The van der Waals surface area contributed by atoms with Crippen molar-refractivity contribution in [2.45, 2.75) is 11.4 Å². The van der Waals surface area contributed by atoms with E-state index in [1.165, 1.54) is 4.31 Å². The number of carbonyl (C=O) groups is 1. The SMILES string of the molecule is N=C(N)c1cccc(CN2CCN(S(=O)(=O)c3ccc(-c4ccccc4)cc3)CC2=O)c1. The highest BCUT2D eigenvalue weighted by molar-refractivity contribution is 7.89. The number of carbonyl (C=O) groups excluding carboxylic acids is 1. The first-order chi connectivity index (χ1) is 15.3. The number of amidine groups is 1. The molecule has 0 unspecified atom stereocenters. The fourth-order valence-corrected chi connectivity index (χ4v) is 5.10. The monoisotopic (exact) mass is 448 g/mol.